The fourth-order valence-corrected chi connectivity index (χ4v) is 3.23. The summed E-state index contributed by atoms with van der Waals surface area (Å²) in [6, 6.07) is 9.84. The number of piperidine rings is 1. The number of hydrogen-bond acceptors (Lipinski definition) is 4. The molecule has 0 bridgehead atoms. The van der Waals surface area contributed by atoms with Crippen LogP contribution in [-0.2, 0) is 20.7 Å². The Kier molecular flexibility index (Phi) is 8.46. The van der Waals surface area contributed by atoms with E-state index < -0.39 is 0 Å². The second-order valence-corrected chi connectivity index (χ2v) is 6.67. The average Bonchev–Trinajstić information content (AvgIpc) is 2.65. The number of ether oxygens (including phenoxy) is 1. The Morgan fingerprint density at radius 1 is 1.24 bits per heavy atom. The molecule has 1 fully saturated rings. The highest BCUT2D eigenvalue weighted by atomic mass is 16.5. The molecule has 25 heavy (non-hydrogen) atoms. The number of esters is 1. The van der Waals surface area contributed by atoms with E-state index in [4.69, 9.17) is 4.74 Å². The third-order valence-electron chi connectivity index (χ3n) is 4.73. The fourth-order valence-electron chi connectivity index (χ4n) is 3.23. The third kappa shape index (κ3) is 7.26. The van der Waals surface area contributed by atoms with Crippen LogP contribution in [0.2, 0.25) is 0 Å². The Bertz CT molecular complexity index is 527. The van der Waals surface area contributed by atoms with E-state index in [1.165, 1.54) is 0 Å². The van der Waals surface area contributed by atoms with E-state index in [9.17, 15) is 9.59 Å². The molecular formula is C20H30N2O3. The Morgan fingerprint density at radius 2 is 1.96 bits per heavy atom. The van der Waals surface area contributed by atoms with Crippen LogP contribution in [0.4, 0.5) is 0 Å². The molecule has 1 aromatic rings. The molecule has 138 valence electrons. The summed E-state index contributed by atoms with van der Waals surface area (Å²) in [5.41, 5.74) is 1.07. The molecule has 0 spiro atoms. The Balaban J connectivity index is 1.79. The SMILES string of the molecule is CCOC(=O)C(CNC(=O)CCC1CCNCC1)Cc1ccccc1. The third-order valence-corrected chi connectivity index (χ3v) is 4.73. The van der Waals surface area contributed by atoms with Crippen LogP contribution in [0.3, 0.4) is 0 Å². The van der Waals surface area contributed by atoms with Crippen LogP contribution in [0.15, 0.2) is 30.3 Å². The van der Waals surface area contributed by atoms with Gasteiger partial charge in [-0.15, -0.1) is 0 Å². The van der Waals surface area contributed by atoms with E-state index in [2.05, 4.69) is 10.6 Å². The van der Waals surface area contributed by atoms with Gasteiger partial charge in [-0.25, -0.2) is 0 Å². The molecule has 1 unspecified atom stereocenters. The van der Waals surface area contributed by atoms with Gasteiger partial charge in [-0.3, -0.25) is 9.59 Å². The zero-order valence-electron chi connectivity index (χ0n) is 15.1. The van der Waals surface area contributed by atoms with Gasteiger partial charge in [0.2, 0.25) is 5.91 Å². The van der Waals surface area contributed by atoms with Crippen molar-refractivity contribution in [1.29, 1.82) is 0 Å². The zero-order valence-corrected chi connectivity index (χ0v) is 15.1. The molecular weight excluding hydrogens is 316 g/mol. The van der Waals surface area contributed by atoms with E-state index in [1.807, 2.05) is 30.3 Å². The Labute approximate surface area is 150 Å². The summed E-state index contributed by atoms with van der Waals surface area (Å²) in [5.74, 6) is 0.0771. The number of hydrogen-bond donors (Lipinski definition) is 2. The molecule has 5 nitrogen and oxygen atoms in total. The van der Waals surface area contributed by atoms with Crippen LogP contribution in [0.25, 0.3) is 0 Å². The highest BCUT2D eigenvalue weighted by molar-refractivity contribution is 5.78. The number of nitrogens with one attached hydrogen (secondary N) is 2. The largest absolute Gasteiger partial charge is 0.466 e. The zero-order chi connectivity index (χ0) is 17.9. The molecule has 1 aromatic carbocycles. The van der Waals surface area contributed by atoms with Gasteiger partial charge in [0.15, 0.2) is 0 Å². The molecule has 1 saturated heterocycles. The molecule has 0 aliphatic carbocycles. The van der Waals surface area contributed by atoms with Crippen LogP contribution in [0.5, 0.6) is 0 Å². The highest BCUT2D eigenvalue weighted by Gasteiger charge is 2.21. The van der Waals surface area contributed by atoms with E-state index in [0.717, 1.165) is 37.9 Å². The second-order valence-electron chi connectivity index (χ2n) is 6.67. The summed E-state index contributed by atoms with van der Waals surface area (Å²) in [5, 5.41) is 6.26. The predicted octanol–water partition coefficient (Wildman–Crippen LogP) is 2.30. The van der Waals surface area contributed by atoms with Crippen LogP contribution < -0.4 is 10.6 Å². The van der Waals surface area contributed by atoms with Crippen LogP contribution >= 0.6 is 0 Å². The Morgan fingerprint density at radius 3 is 2.64 bits per heavy atom. The Hall–Kier alpha value is -1.88. The van der Waals surface area contributed by atoms with Crippen molar-refractivity contribution in [2.24, 2.45) is 11.8 Å². The molecule has 2 N–H and O–H groups in total. The number of rotatable bonds is 9. The first-order valence-electron chi connectivity index (χ1n) is 9.37. The van der Waals surface area contributed by atoms with Crippen molar-refractivity contribution in [2.45, 2.75) is 39.0 Å². The monoisotopic (exact) mass is 346 g/mol. The van der Waals surface area contributed by atoms with Crippen LogP contribution in [-0.4, -0.2) is 38.1 Å². The van der Waals surface area contributed by atoms with Crippen LogP contribution in [0.1, 0.15) is 38.2 Å². The fraction of sp³-hybridized carbons (Fsp3) is 0.600. The smallest absolute Gasteiger partial charge is 0.311 e. The lowest BCUT2D eigenvalue weighted by Crippen LogP contribution is -2.35. The van der Waals surface area contributed by atoms with Gasteiger partial charge in [0, 0.05) is 13.0 Å². The molecule has 1 amide bonds. The maximum atomic E-state index is 12.2. The van der Waals surface area contributed by atoms with Crippen molar-refractivity contribution in [3.63, 3.8) is 0 Å². The van der Waals surface area contributed by atoms with E-state index in [0.29, 0.717) is 31.9 Å². The van der Waals surface area contributed by atoms with Gasteiger partial charge in [-0.1, -0.05) is 30.3 Å². The summed E-state index contributed by atoms with van der Waals surface area (Å²) < 4.78 is 5.17. The van der Waals surface area contributed by atoms with Gasteiger partial charge in [-0.2, -0.15) is 0 Å². The lowest BCUT2D eigenvalue weighted by Gasteiger charge is -2.22. The number of carbonyl (C=O) groups excluding carboxylic acids is 2. The molecule has 1 aliphatic rings. The van der Waals surface area contributed by atoms with Gasteiger partial charge >= 0.3 is 5.97 Å². The second kappa shape index (κ2) is 10.9. The molecule has 1 heterocycles. The summed E-state index contributed by atoms with van der Waals surface area (Å²) in [7, 11) is 0. The van der Waals surface area contributed by atoms with Crippen LogP contribution in [0, 0.1) is 11.8 Å². The van der Waals surface area contributed by atoms with Crippen molar-refractivity contribution in [3.8, 4) is 0 Å². The van der Waals surface area contributed by atoms with E-state index >= 15 is 0 Å². The standard InChI is InChI=1S/C20H30N2O3/c1-2-25-20(24)18(14-17-6-4-3-5-7-17)15-22-19(23)9-8-16-10-12-21-13-11-16/h3-7,16,18,21H,2,8-15H2,1H3,(H,22,23). The molecule has 0 saturated carbocycles. The van der Waals surface area contributed by atoms with Gasteiger partial charge < -0.3 is 15.4 Å². The van der Waals surface area contributed by atoms with Crippen molar-refractivity contribution in [3.05, 3.63) is 35.9 Å². The minimum absolute atomic E-state index is 0.0286. The lowest BCUT2D eigenvalue weighted by atomic mass is 9.93. The number of benzene rings is 1. The summed E-state index contributed by atoms with van der Waals surface area (Å²) in [4.78, 5) is 24.3. The quantitative estimate of drug-likeness (QED) is 0.673. The molecule has 1 atom stereocenters. The minimum Gasteiger partial charge on any atom is -0.466 e. The maximum Gasteiger partial charge on any atom is 0.311 e. The number of carbonyl (C=O) groups is 2. The normalized spacial score (nSPS) is 16.2. The van der Waals surface area contributed by atoms with Gasteiger partial charge in [0.1, 0.15) is 0 Å². The van der Waals surface area contributed by atoms with Crippen molar-refractivity contribution < 1.29 is 14.3 Å². The topological polar surface area (TPSA) is 67.4 Å². The first-order chi connectivity index (χ1) is 12.2. The van der Waals surface area contributed by atoms with Crippen molar-refractivity contribution in [2.75, 3.05) is 26.2 Å². The summed E-state index contributed by atoms with van der Waals surface area (Å²) in [6.45, 7) is 4.59. The summed E-state index contributed by atoms with van der Waals surface area (Å²) in [6.07, 6.45) is 4.33. The van der Waals surface area contributed by atoms with Gasteiger partial charge in [-0.05, 0) is 57.2 Å². The molecule has 2 rings (SSSR count). The number of amides is 1. The van der Waals surface area contributed by atoms with Gasteiger partial charge in [0.25, 0.3) is 0 Å². The predicted molar refractivity (Wildman–Crippen MR) is 98.1 cm³/mol. The average molecular weight is 346 g/mol. The van der Waals surface area contributed by atoms with Gasteiger partial charge in [0.05, 0.1) is 12.5 Å². The summed E-state index contributed by atoms with van der Waals surface area (Å²) >= 11 is 0. The highest BCUT2D eigenvalue weighted by Crippen LogP contribution is 2.17. The lowest BCUT2D eigenvalue weighted by molar-refractivity contribution is -0.147. The van der Waals surface area contributed by atoms with E-state index in [1.54, 1.807) is 6.92 Å². The molecule has 0 radical (unpaired) electrons. The van der Waals surface area contributed by atoms with Crippen molar-refractivity contribution in [1.82, 2.24) is 10.6 Å². The van der Waals surface area contributed by atoms with Crippen molar-refractivity contribution >= 4 is 11.9 Å². The first-order valence-corrected chi connectivity index (χ1v) is 9.37. The minimum atomic E-state index is -0.342. The molecule has 0 aromatic heterocycles. The van der Waals surface area contributed by atoms with E-state index in [-0.39, 0.29) is 17.8 Å². The molecule has 5 heteroatoms. The molecule has 1 aliphatic heterocycles. The maximum absolute atomic E-state index is 12.2. The first kappa shape index (κ1) is 19.4.